The average molecular weight is 409 g/mol. The SMILES string of the molecule is CC(C)[C@H]([NH2+]CC(=O)N1CCC[C@@H](c2nc3ccccc3s2)C1)c1ccccc1. The number of nitrogens with zero attached hydrogens (tertiary/aromatic N) is 2. The number of quaternary nitrogens is 1. The number of likely N-dealkylation sites (tertiary alicyclic amines) is 1. The molecule has 0 saturated carbocycles. The number of fused-ring (bicyclic) bond motifs is 1. The predicted octanol–water partition coefficient (Wildman–Crippen LogP) is 3.96. The highest BCUT2D eigenvalue weighted by Gasteiger charge is 2.28. The second-order valence-corrected chi connectivity index (χ2v) is 9.38. The van der Waals surface area contributed by atoms with Gasteiger partial charge in [-0.15, -0.1) is 11.3 Å². The Morgan fingerprint density at radius 1 is 1.17 bits per heavy atom. The van der Waals surface area contributed by atoms with E-state index in [1.165, 1.54) is 15.3 Å². The van der Waals surface area contributed by atoms with Crippen molar-refractivity contribution < 1.29 is 10.1 Å². The molecule has 152 valence electrons. The van der Waals surface area contributed by atoms with E-state index in [9.17, 15) is 4.79 Å². The second-order valence-electron chi connectivity index (χ2n) is 8.32. The number of rotatable bonds is 6. The zero-order valence-corrected chi connectivity index (χ0v) is 18.1. The smallest absolute Gasteiger partial charge is 0.277 e. The van der Waals surface area contributed by atoms with Gasteiger partial charge in [0.05, 0.1) is 15.2 Å². The highest BCUT2D eigenvalue weighted by molar-refractivity contribution is 7.18. The first-order valence-electron chi connectivity index (χ1n) is 10.6. The van der Waals surface area contributed by atoms with E-state index in [0.717, 1.165) is 31.4 Å². The molecule has 0 unspecified atom stereocenters. The molecule has 2 heterocycles. The van der Waals surface area contributed by atoms with Gasteiger partial charge in [-0.25, -0.2) is 4.98 Å². The van der Waals surface area contributed by atoms with Crippen molar-refractivity contribution in [3.8, 4) is 0 Å². The predicted molar refractivity (Wildman–Crippen MR) is 119 cm³/mol. The van der Waals surface area contributed by atoms with Gasteiger partial charge in [0.2, 0.25) is 0 Å². The van der Waals surface area contributed by atoms with E-state index in [2.05, 4.69) is 66.5 Å². The minimum absolute atomic E-state index is 0.248. The van der Waals surface area contributed by atoms with Gasteiger partial charge in [-0.3, -0.25) is 4.79 Å². The van der Waals surface area contributed by atoms with Crippen LogP contribution in [0.15, 0.2) is 54.6 Å². The molecule has 5 heteroatoms. The van der Waals surface area contributed by atoms with Gasteiger partial charge >= 0.3 is 0 Å². The first-order valence-corrected chi connectivity index (χ1v) is 11.4. The quantitative estimate of drug-likeness (QED) is 0.671. The average Bonchev–Trinajstić information content (AvgIpc) is 3.19. The van der Waals surface area contributed by atoms with Crippen LogP contribution >= 0.6 is 11.3 Å². The molecular formula is C24H30N3OS+. The summed E-state index contributed by atoms with van der Waals surface area (Å²) in [6.07, 6.45) is 2.17. The number of piperidine rings is 1. The summed E-state index contributed by atoms with van der Waals surface area (Å²) in [7, 11) is 0. The van der Waals surface area contributed by atoms with Crippen LogP contribution in [0, 0.1) is 5.92 Å². The van der Waals surface area contributed by atoms with Crippen LogP contribution in [-0.2, 0) is 4.79 Å². The maximum absolute atomic E-state index is 13.0. The van der Waals surface area contributed by atoms with Crippen molar-refractivity contribution in [1.82, 2.24) is 9.88 Å². The summed E-state index contributed by atoms with van der Waals surface area (Å²) in [5.74, 6) is 1.08. The number of nitrogens with two attached hydrogens (primary N) is 1. The number of hydrogen-bond donors (Lipinski definition) is 1. The molecule has 2 aromatic carbocycles. The molecule has 1 amide bonds. The number of thiazole rings is 1. The molecule has 0 aliphatic carbocycles. The lowest BCUT2D eigenvalue weighted by atomic mass is 9.96. The molecule has 2 atom stereocenters. The summed E-state index contributed by atoms with van der Waals surface area (Å²) >= 11 is 1.78. The lowest BCUT2D eigenvalue weighted by Gasteiger charge is -2.32. The van der Waals surface area contributed by atoms with E-state index in [0.29, 0.717) is 24.4 Å². The molecule has 1 aliphatic heterocycles. The third kappa shape index (κ3) is 4.68. The Balaban J connectivity index is 1.39. The largest absolute Gasteiger partial charge is 0.337 e. The van der Waals surface area contributed by atoms with Gasteiger partial charge < -0.3 is 10.2 Å². The number of para-hydroxylation sites is 1. The molecule has 0 radical (unpaired) electrons. The standard InChI is InChI=1S/C24H29N3OS/c1-17(2)23(18-9-4-3-5-10-18)25-15-22(28)27-14-8-11-19(16-27)24-26-20-12-6-7-13-21(20)29-24/h3-7,9-10,12-13,17,19,23,25H,8,11,14-16H2,1-2H3/p+1/t19-,23+/m1/s1. The van der Waals surface area contributed by atoms with Gasteiger partial charge in [-0.2, -0.15) is 0 Å². The molecule has 29 heavy (non-hydrogen) atoms. The molecule has 0 bridgehead atoms. The summed E-state index contributed by atoms with van der Waals surface area (Å²) in [5.41, 5.74) is 2.37. The van der Waals surface area contributed by atoms with E-state index in [1.54, 1.807) is 11.3 Å². The molecule has 0 spiro atoms. The van der Waals surface area contributed by atoms with Crippen molar-refractivity contribution in [2.75, 3.05) is 19.6 Å². The Morgan fingerprint density at radius 3 is 2.69 bits per heavy atom. The third-order valence-corrected chi connectivity index (χ3v) is 7.08. The first-order chi connectivity index (χ1) is 14.1. The van der Waals surface area contributed by atoms with Crippen LogP contribution in [0.4, 0.5) is 0 Å². The Kier molecular flexibility index (Phi) is 6.26. The van der Waals surface area contributed by atoms with E-state index in [-0.39, 0.29) is 5.91 Å². The van der Waals surface area contributed by atoms with Crippen LogP contribution in [0.1, 0.15) is 49.2 Å². The molecule has 4 nitrogen and oxygen atoms in total. The van der Waals surface area contributed by atoms with Gasteiger partial charge in [-0.05, 0) is 25.0 Å². The van der Waals surface area contributed by atoms with Crippen molar-refractivity contribution in [2.45, 2.75) is 38.6 Å². The number of carbonyl (C=O) groups is 1. The highest BCUT2D eigenvalue weighted by Crippen LogP contribution is 2.32. The van der Waals surface area contributed by atoms with E-state index >= 15 is 0 Å². The minimum atomic E-state index is 0.248. The fourth-order valence-corrected chi connectivity index (χ4v) is 5.39. The van der Waals surface area contributed by atoms with Gasteiger partial charge in [0.15, 0.2) is 6.54 Å². The summed E-state index contributed by atoms with van der Waals surface area (Å²) in [4.78, 5) is 19.9. The monoisotopic (exact) mass is 408 g/mol. The highest BCUT2D eigenvalue weighted by atomic mass is 32.1. The summed E-state index contributed by atoms with van der Waals surface area (Å²) in [6, 6.07) is 19.1. The van der Waals surface area contributed by atoms with Crippen molar-refractivity contribution >= 4 is 27.5 Å². The zero-order valence-electron chi connectivity index (χ0n) is 17.3. The van der Waals surface area contributed by atoms with Crippen molar-refractivity contribution in [3.63, 3.8) is 0 Å². The maximum atomic E-state index is 13.0. The van der Waals surface area contributed by atoms with E-state index < -0.39 is 0 Å². The molecule has 3 aromatic rings. The molecular weight excluding hydrogens is 378 g/mol. The topological polar surface area (TPSA) is 49.8 Å². The first kappa shape index (κ1) is 20.0. The second kappa shape index (κ2) is 9.06. The fourth-order valence-electron chi connectivity index (χ4n) is 4.30. The van der Waals surface area contributed by atoms with Crippen molar-refractivity contribution in [2.24, 2.45) is 5.92 Å². The number of hydrogen-bond acceptors (Lipinski definition) is 3. The number of carbonyl (C=O) groups excluding carboxylic acids is 1. The zero-order chi connectivity index (χ0) is 20.2. The number of aromatic nitrogens is 1. The number of amides is 1. The molecule has 1 fully saturated rings. The van der Waals surface area contributed by atoms with Gasteiger partial charge in [0.25, 0.3) is 5.91 Å². The lowest BCUT2D eigenvalue weighted by molar-refractivity contribution is -0.692. The van der Waals surface area contributed by atoms with Gasteiger partial charge in [-0.1, -0.05) is 56.3 Å². The van der Waals surface area contributed by atoms with Crippen LogP contribution < -0.4 is 5.32 Å². The van der Waals surface area contributed by atoms with E-state index in [4.69, 9.17) is 4.98 Å². The maximum Gasteiger partial charge on any atom is 0.277 e. The number of benzene rings is 2. The molecule has 2 N–H and O–H groups in total. The molecule has 1 aliphatic rings. The Labute approximate surface area is 177 Å². The van der Waals surface area contributed by atoms with Crippen LogP contribution in [-0.4, -0.2) is 35.4 Å². The summed E-state index contributed by atoms with van der Waals surface area (Å²) in [6.45, 7) is 6.62. The van der Waals surface area contributed by atoms with Crippen molar-refractivity contribution in [1.29, 1.82) is 0 Å². The minimum Gasteiger partial charge on any atom is -0.337 e. The van der Waals surface area contributed by atoms with Crippen LogP contribution in [0.2, 0.25) is 0 Å². The van der Waals surface area contributed by atoms with Crippen molar-refractivity contribution in [3.05, 3.63) is 65.2 Å². The molecule has 4 rings (SSSR count). The molecule has 1 saturated heterocycles. The summed E-state index contributed by atoms with van der Waals surface area (Å²) < 4.78 is 1.24. The lowest BCUT2D eigenvalue weighted by Crippen LogP contribution is -2.88. The fraction of sp³-hybridized carbons (Fsp3) is 0.417. The van der Waals surface area contributed by atoms with Crippen LogP contribution in [0.25, 0.3) is 10.2 Å². The summed E-state index contributed by atoms with van der Waals surface area (Å²) in [5, 5.41) is 3.39. The third-order valence-electron chi connectivity index (χ3n) is 5.88. The van der Waals surface area contributed by atoms with Crippen LogP contribution in [0.5, 0.6) is 0 Å². The van der Waals surface area contributed by atoms with Gasteiger partial charge in [0, 0.05) is 30.5 Å². The van der Waals surface area contributed by atoms with Gasteiger partial charge in [0.1, 0.15) is 6.04 Å². The van der Waals surface area contributed by atoms with Crippen LogP contribution in [0.3, 0.4) is 0 Å². The Hall–Kier alpha value is -2.24. The Morgan fingerprint density at radius 2 is 1.93 bits per heavy atom. The Bertz CT molecular complexity index is 920. The van der Waals surface area contributed by atoms with E-state index in [1.807, 2.05) is 12.1 Å². The normalized spacial score (nSPS) is 18.3. The molecule has 1 aromatic heterocycles.